The Balaban J connectivity index is 1.99. The van der Waals surface area contributed by atoms with E-state index in [1.807, 2.05) is 0 Å². The fourth-order valence-corrected chi connectivity index (χ4v) is 3.11. The van der Waals surface area contributed by atoms with E-state index in [4.69, 9.17) is 0 Å². The maximum absolute atomic E-state index is 12.6. The molecule has 0 spiro atoms. The Hall–Kier alpha value is -3.56. The second kappa shape index (κ2) is 9.29. The van der Waals surface area contributed by atoms with Crippen LogP contribution in [-0.4, -0.2) is 22.0 Å². The molecular weight excluding hydrogens is 388 g/mol. The Labute approximate surface area is 172 Å². The highest BCUT2D eigenvalue weighted by Crippen LogP contribution is 2.31. The highest BCUT2D eigenvalue weighted by atomic mass is 16.8. The van der Waals surface area contributed by atoms with Crippen molar-refractivity contribution in [2.45, 2.75) is 12.8 Å². The van der Waals surface area contributed by atoms with Crippen molar-refractivity contribution in [2.24, 2.45) is 0 Å². The summed E-state index contributed by atoms with van der Waals surface area (Å²) in [4.78, 5) is 25.1. The van der Waals surface area contributed by atoms with Gasteiger partial charge in [0.1, 0.15) is 0 Å². The van der Waals surface area contributed by atoms with Gasteiger partial charge in [-0.3, -0.25) is 20.0 Å². The van der Waals surface area contributed by atoms with E-state index >= 15 is 0 Å². The second-order valence-corrected chi connectivity index (χ2v) is 6.59. The quantitative estimate of drug-likeness (QED) is 0.426. The zero-order valence-corrected chi connectivity index (χ0v) is 15.8. The molecule has 3 aromatic carbocycles. The average molecular weight is 406 g/mol. The van der Waals surface area contributed by atoms with E-state index in [2.05, 4.69) is 0 Å². The molecule has 0 saturated heterocycles. The van der Waals surface area contributed by atoms with Crippen LogP contribution in [0.25, 0.3) is 0 Å². The van der Waals surface area contributed by atoms with E-state index in [1.54, 1.807) is 60.7 Å². The predicted molar refractivity (Wildman–Crippen MR) is 111 cm³/mol. The van der Waals surface area contributed by atoms with Crippen LogP contribution in [0.4, 0.5) is 11.4 Å². The molecule has 0 atom stereocenters. The number of Topliss-reactive ketones (excluding diaryl/α,β-unsaturated/α-hetero) is 2. The lowest BCUT2D eigenvalue weighted by atomic mass is 9.95. The zero-order valence-electron chi connectivity index (χ0n) is 15.8. The Bertz CT molecular complexity index is 956. The molecule has 0 fully saturated rings. The third-order valence-corrected chi connectivity index (χ3v) is 4.59. The molecule has 8 heteroatoms. The Morgan fingerprint density at radius 3 is 1.53 bits per heavy atom. The van der Waals surface area contributed by atoms with E-state index < -0.39 is 10.9 Å². The molecule has 8 nitrogen and oxygen atoms in total. The van der Waals surface area contributed by atoms with Gasteiger partial charge in [-0.25, -0.2) is 0 Å². The van der Waals surface area contributed by atoms with Gasteiger partial charge >= 0.3 is 0 Å². The van der Waals surface area contributed by atoms with Gasteiger partial charge in [0, 0.05) is 29.7 Å². The van der Waals surface area contributed by atoms with Crippen LogP contribution in [-0.2, 0) is 12.8 Å². The van der Waals surface area contributed by atoms with Gasteiger partial charge in [0.15, 0.2) is 11.6 Å². The molecular formula is C22H18N2O6-2. The van der Waals surface area contributed by atoms with E-state index in [-0.39, 0.29) is 46.4 Å². The first-order chi connectivity index (χ1) is 14.4. The summed E-state index contributed by atoms with van der Waals surface area (Å²) in [5, 5.41) is 41.1. The molecule has 0 bridgehead atoms. The lowest BCUT2D eigenvalue weighted by Gasteiger charge is -2.39. The van der Waals surface area contributed by atoms with Crippen LogP contribution in [0.2, 0.25) is 0 Å². The van der Waals surface area contributed by atoms with Crippen LogP contribution in [0.15, 0.2) is 72.8 Å². The summed E-state index contributed by atoms with van der Waals surface area (Å²) in [5.74, 6) is -0.649. The summed E-state index contributed by atoms with van der Waals surface area (Å²) >= 11 is 0. The number of carbonyl (C=O) groups is 2. The molecule has 0 amide bonds. The predicted octanol–water partition coefficient (Wildman–Crippen LogP) is 3.92. The monoisotopic (exact) mass is 406 g/mol. The largest absolute Gasteiger partial charge is 0.769 e. The van der Waals surface area contributed by atoms with Gasteiger partial charge in [0.25, 0.3) is 0 Å². The summed E-state index contributed by atoms with van der Waals surface area (Å²) in [6, 6.07) is 18.9. The molecule has 154 valence electrons. The summed E-state index contributed by atoms with van der Waals surface area (Å²) in [6.45, 7) is 0. The van der Waals surface area contributed by atoms with Crippen LogP contribution in [0, 0.1) is 10.4 Å². The normalized spacial score (nSPS) is 10.5. The Morgan fingerprint density at radius 1 is 0.700 bits per heavy atom. The van der Waals surface area contributed by atoms with Gasteiger partial charge in [-0.2, -0.15) is 0 Å². The average Bonchev–Trinajstić information content (AvgIpc) is 2.74. The highest BCUT2D eigenvalue weighted by Gasteiger charge is 2.18. The first-order valence-corrected chi connectivity index (χ1v) is 9.01. The van der Waals surface area contributed by atoms with Crippen molar-refractivity contribution in [3.05, 3.63) is 105 Å². The first kappa shape index (κ1) is 21.2. The van der Waals surface area contributed by atoms with Crippen LogP contribution in [0.5, 0.6) is 0 Å². The molecule has 3 aromatic rings. The van der Waals surface area contributed by atoms with Crippen molar-refractivity contribution < 1.29 is 20.0 Å². The van der Waals surface area contributed by atoms with Crippen molar-refractivity contribution >= 4 is 22.9 Å². The molecule has 0 saturated carbocycles. The first-order valence-electron chi connectivity index (χ1n) is 9.01. The van der Waals surface area contributed by atoms with Gasteiger partial charge in [-0.1, -0.05) is 66.7 Å². The fraction of sp³-hybridized carbons (Fsp3) is 0.0909. The van der Waals surface area contributed by atoms with Crippen molar-refractivity contribution in [3.8, 4) is 0 Å². The van der Waals surface area contributed by atoms with Crippen LogP contribution in [0.1, 0.15) is 31.8 Å². The number of carbonyl (C=O) groups excluding carboxylic acids is 2. The summed E-state index contributed by atoms with van der Waals surface area (Å²) in [7, 11) is 0. The maximum atomic E-state index is 12.6. The number of anilines is 2. The van der Waals surface area contributed by atoms with E-state index in [0.29, 0.717) is 11.1 Å². The molecule has 0 unspecified atom stereocenters. The molecule has 0 aromatic heterocycles. The zero-order chi connectivity index (χ0) is 21.7. The Morgan fingerprint density at radius 2 is 1.13 bits per heavy atom. The Kier molecular flexibility index (Phi) is 6.55. The highest BCUT2D eigenvalue weighted by molar-refractivity contribution is 6.00. The molecule has 0 heterocycles. The molecule has 0 aliphatic heterocycles. The molecule has 0 aliphatic rings. The number of rotatable bonds is 8. The smallest absolute Gasteiger partial charge is 0.167 e. The minimum atomic E-state index is -0.705. The number of benzene rings is 3. The summed E-state index contributed by atoms with van der Waals surface area (Å²) in [6.07, 6.45) is -0.508. The topological polar surface area (TPSA) is 127 Å². The molecule has 3 rings (SSSR count). The van der Waals surface area contributed by atoms with Crippen LogP contribution in [0.3, 0.4) is 0 Å². The summed E-state index contributed by atoms with van der Waals surface area (Å²) < 4.78 is 0. The van der Waals surface area contributed by atoms with Crippen molar-refractivity contribution in [3.63, 3.8) is 0 Å². The third-order valence-electron chi connectivity index (χ3n) is 4.59. The summed E-state index contributed by atoms with van der Waals surface area (Å²) in [5.41, 5.74) is 0.278. The molecule has 0 aliphatic carbocycles. The molecule has 2 N–H and O–H groups in total. The van der Waals surface area contributed by atoms with Crippen molar-refractivity contribution in [1.29, 1.82) is 0 Å². The van der Waals surface area contributed by atoms with Crippen LogP contribution < -0.4 is 10.5 Å². The molecule has 0 radical (unpaired) electrons. The lowest BCUT2D eigenvalue weighted by molar-refractivity contribution is 0.0287. The minimum Gasteiger partial charge on any atom is -0.769 e. The van der Waals surface area contributed by atoms with Crippen LogP contribution >= 0.6 is 0 Å². The van der Waals surface area contributed by atoms with Gasteiger partial charge < -0.3 is 15.6 Å². The van der Waals surface area contributed by atoms with E-state index in [0.717, 1.165) is 6.07 Å². The number of nitrogens with zero attached hydrogens (tertiary/aromatic N) is 2. The van der Waals surface area contributed by atoms with Gasteiger partial charge in [0.2, 0.25) is 0 Å². The van der Waals surface area contributed by atoms with Gasteiger partial charge in [-0.15, -0.1) is 5.23 Å². The van der Waals surface area contributed by atoms with Crippen molar-refractivity contribution in [1.82, 2.24) is 0 Å². The van der Waals surface area contributed by atoms with E-state index in [9.17, 15) is 30.4 Å². The second-order valence-electron chi connectivity index (χ2n) is 6.59. The minimum absolute atomic E-state index is 0.0790. The number of hydrogen-bond donors (Lipinski definition) is 2. The van der Waals surface area contributed by atoms with Crippen molar-refractivity contribution in [2.75, 3.05) is 10.5 Å². The third kappa shape index (κ3) is 4.88. The number of hydrogen-bond acceptors (Lipinski definition) is 8. The maximum Gasteiger partial charge on any atom is 0.167 e. The standard InChI is InChI=1S/C22H18N2O6/c25-21(15-7-3-1-4-8-15)12-17-11-18(13-22(26)16-9-5-2-6-10-16)20(24(29)30)14-19(17)23(27)28/h1-11,14,27-28H,12-13H2/q-2. The number of ketones is 2. The lowest BCUT2D eigenvalue weighted by Crippen LogP contribution is -2.18. The van der Waals surface area contributed by atoms with Gasteiger partial charge in [0.05, 0.1) is 5.69 Å². The fourth-order valence-electron chi connectivity index (χ4n) is 3.11. The van der Waals surface area contributed by atoms with Gasteiger partial charge in [-0.05, 0) is 17.2 Å². The molecule has 30 heavy (non-hydrogen) atoms. The van der Waals surface area contributed by atoms with E-state index in [1.165, 1.54) is 6.07 Å². The SMILES string of the molecule is O=C(Cc1cc(CC(=O)c2ccccc2)c(N(O)O)cc1N([O-])[O-])c1ccccc1.